The van der Waals surface area contributed by atoms with Crippen LogP contribution in [0.25, 0.3) is 0 Å². The molecule has 0 radical (unpaired) electrons. The predicted molar refractivity (Wildman–Crippen MR) is 65.9 cm³/mol. The van der Waals surface area contributed by atoms with Crippen molar-refractivity contribution in [2.75, 3.05) is 6.61 Å². The van der Waals surface area contributed by atoms with Crippen molar-refractivity contribution >= 4 is 22.9 Å². The maximum Gasteiger partial charge on any atom is 0.0703 e. The van der Waals surface area contributed by atoms with Gasteiger partial charge >= 0.3 is 0 Å². The summed E-state index contributed by atoms with van der Waals surface area (Å²) >= 11 is 8.22. The monoisotopic (exact) mass is 244 g/mol. The normalized spacial score (nSPS) is 23.2. The summed E-state index contributed by atoms with van der Waals surface area (Å²) < 4.78 is 5.60. The Morgan fingerprint density at radius 2 is 2.47 bits per heavy atom. The van der Waals surface area contributed by atoms with E-state index in [-0.39, 0.29) is 5.38 Å². The molecule has 1 aliphatic rings. The Hall–Kier alpha value is -0.0500. The van der Waals surface area contributed by atoms with E-state index in [1.807, 2.05) is 11.3 Å². The first-order valence-corrected chi connectivity index (χ1v) is 6.89. The molecule has 0 aromatic carbocycles. The minimum atomic E-state index is 0.137. The van der Waals surface area contributed by atoms with Crippen LogP contribution in [0.15, 0.2) is 12.1 Å². The maximum absolute atomic E-state index is 6.39. The van der Waals surface area contributed by atoms with E-state index in [1.165, 1.54) is 22.6 Å². The number of hydrogen-bond donors (Lipinski definition) is 0. The van der Waals surface area contributed by atoms with Crippen molar-refractivity contribution < 1.29 is 4.74 Å². The summed E-state index contributed by atoms with van der Waals surface area (Å²) in [5.41, 5.74) is 0. The minimum Gasteiger partial charge on any atom is -0.378 e. The van der Waals surface area contributed by atoms with Crippen molar-refractivity contribution in [3.63, 3.8) is 0 Å². The first-order chi connectivity index (χ1) is 7.29. The molecular weight excluding hydrogens is 228 g/mol. The van der Waals surface area contributed by atoms with Crippen molar-refractivity contribution in [1.29, 1.82) is 0 Å². The van der Waals surface area contributed by atoms with Crippen LogP contribution < -0.4 is 0 Å². The van der Waals surface area contributed by atoms with Gasteiger partial charge in [0.25, 0.3) is 0 Å². The quantitative estimate of drug-likeness (QED) is 0.723. The van der Waals surface area contributed by atoms with Gasteiger partial charge in [0.05, 0.1) is 11.5 Å². The van der Waals surface area contributed by atoms with Gasteiger partial charge in [0, 0.05) is 16.4 Å². The molecule has 2 rings (SSSR count). The maximum atomic E-state index is 6.39. The first kappa shape index (κ1) is 11.4. The second-order valence-corrected chi connectivity index (χ2v) is 5.72. The summed E-state index contributed by atoms with van der Waals surface area (Å²) in [6.45, 7) is 3.10. The molecule has 1 fully saturated rings. The largest absolute Gasteiger partial charge is 0.378 e. The molecule has 0 amide bonds. The van der Waals surface area contributed by atoms with E-state index >= 15 is 0 Å². The minimum absolute atomic E-state index is 0.137. The Bertz CT molecular complexity index is 304. The first-order valence-electron chi connectivity index (χ1n) is 5.64. The van der Waals surface area contributed by atoms with Gasteiger partial charge in [-0.05, 0) is 37.8 Å². The molecule has 1 aliphatic heterocycles. The Kier molecular flexibility index (Phi) is 4.06. The topological polar surface area (TPSA) is 9.23 Å². The molecule has 1 aromatic rings. The molecule has 2 unspecified atom stereocenters. The SMILES string of the molecule is CCc1ccc(C(Cl)CC2CCCO2)s1. The summed E-state index contributed by atoms with van der Waals surface area (Å²) in [7, 11) is 0. The van der Waals surface area contributed by atoms with E-state index in [4.69, 9.17) is 16.3 Å². The van der Waals surface area contributed by atoms with Gasteiger partial charge in [0.1, 0.15) is 0 Å². The highest BCUT2D eigenvalue weighted by atomic mass is 35.5. The highest BCUT2D eigenvalue weighted by Crippen LogP contribution is 2.34. The average Bonchev–Trinajstić information content (AvgIpc) is 2.86. The smallest absolute Gasteiger partial charge is 0.0703 e. The van der Waals surface area contributed by atoms with Crippen molar-refractivity contribution in [3.05, 3.63) is 21.9 Å². The number of aryl methyl sites for hydroxylation is 1. The number of halogens is 1. The van der Waals surface area contributed by atoms with Crippen LogP contribution in [0.4, 0.5) is 0 Å². The summed E-state index contributed by atoms with van der Waals surface area (Å²) in [6.07, 6.45) is 4.83. The Morgan fingerprint density at radius 1 is 1.60 bits per heavy atom. The second kappa shape index (κ2) is 5.33. The molecule has 84 valence electrons. The third kappa shape index (κ3) is 2.96. The van der Waals surface area contributed by atoms with Crippen molar-refractivity contribution in [2.45, 2.75) is 44.1 Å². The third-order valence-electron chi connectivity index (χ3n) is 2.83. The number of rotatable bonds is 4. The van der Waals surface area contributed by atoms with E-state index in [9.17, 15) is 0 Å². The van der Waals surface area contributed by atoms with E-state index in [2.05, 4.69) is 19.1 Å². The van der Waals surface area contributed by atoms with E-state index in [1.54, 1.807) is 0 Å². The molecule has 1 aromatic heterocycles. The van der Waals surface area contributed by atoms with Crippen LogP contribution in [0, 0.1) is 0 Å². The van der Waals surface area contributed by atoms with E-state index in [0.717, 1.165) is 19.4 Å². The van der Waals surface area contributed by atoms with Crippen molar-refractivity contribution in [3.8, 4) is 0 Å². The standard InChI is InChI=1S/C12H17ClOS/c1-2-10-5-6-12(15-10)11(13)8-9-4-3-7-14-9/h5-6,9,11H,2-4,7-8H2,1H3. The molecule has 0 bridgehead atoms. The summed E-state index contributed by atoms with van der Waals surface area (Å²) in [5.74, 6) is 0. The molecule has 0 saturated carbocycles. The highest BCUT2D eigenvalue weighted by Gasteiger charge is 2.21. The van der Waals surface area contributed by atoms with Gasteiger partial charge < -0.3 is 4.74 Å². The molecule has 0 spiro atoms. The van der Waals surface area contributed by atoms with Crippen LogP contribution in [0.5, 0.6) is 0 Å². The third-order valence-corrected chi connectivity index (χ3v) is 4.72. The van der Waals surface area contributed by atoms with Crippen LogP contribution in [-0.4, -0.2) is 12.7 Å². The lowest BCUT2D eigenvalue weighted by Crippen LogP contribution is -2.07. The summed E-state index contributed by atoms with van der Waals surface area (Å²) in [5, 5.41) is 0.137. The molecule has 0 N–H and O–H groups in total. The van der Waals surface area contributed by atoms with Gasteiger partial charge in [-0.15, -0.1) is 22.9 Å². The zero-order valence-electron chi connectivity index (χ0n) is 9.04. The fourth-order valence-electron chi connectivity index (χ4n) is 1.93. The van der Waals surface area contributed by atoms with Crippen LogP contribution in [0.1, 0.15) is 41.3 Å². The number of alkyl halides is 1. The predicted octanol–water partition coefficient (Wildman–Crippen LogP) is 4.16. The fraction of sp³-hybridized carbons (Fsp3) is 0.667. The zero-order chi connectivity index (χ0) is 10.7. The molecule has 2 atom stereocenters. The molecule has 2 heterocycles. The zero-order valence-corrected chi connectivity index (χ0v) is 10.6. The van der Waals surface area contributed by atoms with Crippen LogP contribution in [-0.2, 0) is 11.2 Å². The lowest BCUT2D eigenvalue weighted by Gasteiger charge is -2.12. The molecule has 1 nitrogen and oxygen atoms in total. The molecule has 3 heteroatoms. The Balaban J connectivity index is 1.91. The summed E-state index contributed by atoms with van der Waals surface area (Å²) in [6, 6.07) is 4.35. The molecule has 0 aliphatic carbocycles. The number of thiophene rings is 1. The van der Waals surface area contributed by atoms with Gasteiger partial charge in [-0.1, -0.05) is 6.92 Å². The number of ether oxygens (including phenoxy) is 1. The average molecular weight is 245 g/mol. The van der Waals surface area contributed by atoms with Gasteiger partial charge in [0.15, 0.2) is 0 Å². The van der Waals surface area contributed by atoms with Crippen LogP contribution >= 0.6 is 22.9 Å². The van der Waals surface area contributed by atoms with Crippen LogP contribution in [0.3, 0.4) is 0 Å². The van der Waals surface area contributed by atoms with E-state index in [0.29, 0.717) is 6.10 Å². The van der Waals surface area contributed by atoms with E-state index < -0.39 is 0 Å². The molecular formula is C12H17ClOS. The lowest BCUT2D eigenvalue weighted by atomic mass is 10.1. The van der Waals surface area contributed by atoms with Gasteiger partial charge in [-0.3, -0.25) is 0 Å². The highest BCUT2D eigenvalue weighted by molar-refractivity contribution is 7.12. The Labute approximate surface area is 100 Å². The van der Waals surface area contributed by atoms with Gasteiger partial charge in [-0.25, -0.2) is 0 Å². The van der Waals surface area contributed by atoms with Crippen molar-refractivity contribution in [1.82, 2.24) is 0 Å². The number of hydrogen-bond acceptors (Lipinski definition) is 2. The Morgan fingerprint density at radius 3 is 3.07 bits per heavy atom. The van der Waals surface area contributed by atoms with Gasteiger partial charge in [-0.2, -0.15) is 0 Å². The van der Waals surface area contributed by atoms with Crippen LogP contribution in [0.2, 0.25) is 0 Å². The van der Waals surface area contributed by atoms with Crippen molar-refractivity contribution in [2.24, 2.45) is 0 Å². The molecule has 1 saturated heterocycles. The lowest BCUT2D eigenvalue weighted by molar-refractivity contribution is 0.103. The summed E-state index contributed by atoms with van der Waals surface area (Å²) in [4.78, 5) is 2.71. The molecule has 15 heavy (non-hydrogen) atoms. The fourth-order valence-corrected chi connectivity index (χ4v) is 3.28. The second-order valence-electron chi connectivity index (χ2n) is 4.00. The van der Waals surface area contributed by atoms with Gasteiger partial charge in [0.2, 0.25) is 0 Å².